The van der Waals surface area contributed by atoms with Gasteiger partial charge in [0.25, 0.3) is 0 Å². The molecule has 0 unspecified atom stereocenters. The molecule has 0 amide bonds. The lowest BCUT2D eigenvalue weighted by molar-refractivity contribution is 1.18. The Labute approximate surface area is 226 Å². The molecule has 0 bridgehead atoms. The van der Waals surface area contributed by atoms with Gasteiger partial charge in [-0.1, -0.05) is 92.5 Å². The SMILES string of the molecule is Brc1cc(Br)cc(-c2cc(-c3ccc(-c4ccncc4)cc3)nc(-c3ccc4ccccc4c3)n2)c1. The van der Waals surface area contributed by atoms with E-state index in [2.05, 4.69) is 122 Å². The Morgan fingerprint density at radius 3 is 1.75 bits per heavy atom. The average molecular weight is 593 g/mol. The molecule has 0 aliphatic rings. The zero-order valence-corrected chi connectivity index (χ0v) is 22.2. The highest BCUT2D eigenvalue weighted by molar-refractivity contribution is 9.11. The minimum Gasteiger partial charge on any atom is -0.265 e. The zero-order valence-electron chi connectivity index (χ0n) is 19.1. The van der Waals surface area contributed by atoms with E-state index in [1.165, 1.54) is 5.39 Å². The van der Waals surface area contributed by atoms with Gasteiger partial charge >= 0.3 is 0 Å². The molecule has 0 saturated heterocycles. The third kappa shape index (κ3) is 4.72. The van der Waals surface area contributed by atoms with Crippen LogP contribution in [-0.2, 0) is 0 Å². The van der Waals surface area contributed by atoms with Crippen LogP contribution in [-0.4, -0.2) is 15.0 Å². The van der Waals surface area contributed by atoms with Crippen LogP contribution in [0.25, 0.3) is 55.8 Å². The maximum Gasteiger partial charge on any atom is 0.160 e. The highest BCUT2D eigenvalue weighted by Crippen LogP contribution is 2.32. The highest BCUT2D eigenvalue weighted by atomic mass is 79.9. The van der Waals surface area contributed by atoms with Gasteiger partial charge in [0.05, 0.1) is 11.4 Å². The zero-order chi connectivity index (χ0) is 24.5. The molecule has 0 aliphatic carbocycles. The molecule has 4 aromatic carbocycles. The van der Waals surface area contributed by atoms with Gasteiger partial charge in [-0.15, -0.1) is 0 Å². The molecule has 0 spiro atoms. The number of hydrogen-bond donors (Lipinski definition) is 0. The summed E-state index contributed by atoms with van der Waals surface area (Å²) in [6.07, 6.45) is 3.62. The van der Waals surface area contributed by atoms with Gasteiger partial charge in [0.2, 0.25) is 0 Å². The molecule has 0 atom stereocenters. The Morgan fingerprint density at radius 1 is 0.444 bits per heavy atom. The number of hydrogen-bond acceptors (Lipinski definition) is 3. The van der Waals surface area contributed by atoms with Crippen LogP contribution < -0.4 is 0 Å². The van der Waals surface area contributed by atoms with E-state index in [1.807, 2.05) is 30.6 Å². The van der Waals surface area contributed by atoms with Crippen LogP contribution in [0.2, 0.25) is 0 Å². The number of nitrogens with zero attached hydrogens (tertiary/aromatic N) is 3. The van der Waals surface area contributed by atoms with Crippen LogP contribution in [0.5, 0.6) is 0 Å². The maximum absolute atomic E-state index is 5.01. The summed E-state index contributed by atoms with van der Waals surface area (Å²) in [6, 6.07) is 35.4. The van der Waals surface area contributed by atoms with Gasteiger partial charge in [-0.3, -0.25) is 4.98 Å². The van der Waals surface area contributed by atoms with Gasteiger partial charge in [0, 0.05) is 38.0 Å². The summed E-state index contributed by atoms with van der Waals surface area (Å²) >= 11 is 7.23. The summed E-state index contributed by atoms with van der Waals surface area (Å²) in [6.45, 7) is 0. The largest absolute Gasteiger partial charge is 0.265 e. The van der Waals surface area contributed by atoms with E-state index in [0.29, 0.717) is 5.82 Å². The topological polar surface area (TPSA) is 38.7 Å². The Balaban J connectivity index is 1.50. The third-order valence-corrected chi connectivity index (χ3v) is 7.00. The number of aromatic nitrogens is 3. The number of rotatable bonds is 4. The van der Waals surface area contributed by atoms with Gasteiger partial charge in [0.15, 0.2) is 5.82 Å². The van der Waals surface area contributed by atoms with Gasteiger partial charge in [0.1, 0.15) is 0 Å². The molecule has 2 heterocycles. The Kier molecular flexibility index (Phi) is 6.18. The minimum absolute atomic E-state index is 0.697. The molecular formula is C31H19Br2N3. The van der Waals surface area contributed by atoms with E-state index < -0.39 is 0 Å². The van der Waals surface area contributed by atoms with Crippen molar-refractivity contribution in [2.45, 2.75) is 0 Å². The first-order valence-electron chi connectivity index (χ1n) is 11.5. The highest BCUT2D eigenvalue weighted by Gasteiger charge is 2.12. The molecule has 2 aromatic heterocycles. The van der Waals surface area contributed by atoms with Crippen molar-refractivity contribution in [1.29, 1.82) is 0 Å². The molecule has 3 nitrogen and oxygen atoms in total. The molecule has 172 valence electrons. The van der Waals surface area contributed by atoms with Crippen molar-refractivity contribution in [1.82, 2.24) is 15.0 Å². The molecule has 36 heavy (non-hydrogen) atoms. The van der Waals surface area contributed by atoms with Crippen molar-refractivity contribution < 1.29 is 0 Å². The second-order valence-corrected chi connectivity index (χ2v) is 10.3. The summed E-state index contributed by atoms with van der Waals surface area (Å²) in [4.78, 5) is 14.1. The Hall–Kier alpha value is -3.67. The predicted molar refractivity (Wildman–Crippen MR) is 154 cm³/mol. The lowest BCUT2D eigenvalue weighted by Crippen LogP contribution is -1.96. The Bertz CT molecular complexity index is 1680. The number of halogens is 2. The van der Waals surface area contributed by atoms with Crippen LogP contribution in [0.1, 0.15) is 0 Å². The van der Waals surface area contributed by atoms with E-state index in [0.717, 1.165) is 53.5 Å². The molecule has 6 aromatic rings. The van der Waals surface area contributed by atoms with Crippen molar-refractivity contribution in [2.75, 3.05) is 0 Å². The summed E-state index contributed by atoms with van der Waals surface area (Å²) in [5, 5.41) is 2.36. The molecule has 0 fully saturated rings. The van der Waals surface area contributed by atoms with Crippen molar-refractivity contribution in [3.05, 3.63) is 124 Å². The van der Waals surface area contributed by atoms with E-state index in [-0.39, 0.29) is 0 Å². The standard InChI is InChI=1S/C31H19Br2N3/c32-27-16-26(17-28(33)18-27)30-19-29(23-8-5-21(6-9-23)22-11-13-34-14-12-22)35-31(36-30)25-10-7-20-3-1-2-4-24(20)15-25/h1-19H. The molecule has 6 rings (SSSR count). The molecule has 0 aliphatic heterocycles. The van der Waals surface area contributed by atoms with E-state index >= 15 is 0 Å². The van der Waals surface area contributed by atoms with E-state index in [9.17, 15) is 0 Å². The van der Waals surface area contributed by atoms with Gasteiger partial charge in [-0.25, -0.2) is 9.97 Å². The fourth-order valence-electron chi connectivity index (χ4n) is 4.28. The Morgan fingerprint density at radius 2 is 1.03 bits per heavy atom. The van der Waals surface area contributed by atoms with Crippen molar-refractivity contribution in [3.63, 3.8) is 0 Å². The lowest BCUT2D eigenvalue weighted by atomic mass is 10.0. The van der Waals surface area contributed by atoms with E-state index in [4.69, 9.17) is 9.97 Å². The minimum atomic E-state index is 0.697. The number of benzene rings is 4. The maximum atomic E-state index is 5.01. The van der Waals surface area contributed by atoms with Gasteiger partial charge in [-0.05, 0) is 64.4 Å². The molecule has 0 radical (unpaired) electrons. The quantitative estimate of drug-likeness (QED) is 0.205. The molecule has 0 N–H and O–H groups in total. The molecular weight excluding hydrogens is 574 g/mol. The normalized spacial score (nSPS) is 11.1. The van der Waals surface area contributed by atoms with Crippen molar-refractivity contribution in [2.24, 2.45) is 0 Å². The van der Waals surface area contributed by atoms with Gasteiger partial charge < -0.3 is 0 Å². The third-order valence-electron chi connectivity index (χ3n) is 6.09. The average Bonchev–Trinajstić information content (AvgIpc) is 2.92. The van der Waals surface area contributed by atoms with Crippen molar-refractivity contribution in [3.8, 4) is 45.0 Å². The van der Waals surface area contributed by atoms with Crippen LogP contribution in [0, 0.1) is 0 Å². The fraction of sp³-hybridized carbons (Fsp3) is 0. The monoisotopic (exact) mass is 591 g/mol. The van der Waals surface area contributed by atoms with Crippen LogP contribution in [0.3, 0.4) is 0 Å². The van der Waals surface area contributed by atoms with Crippen LogP contribution >= 0.6 is 31.9 Å². The number of fused-ring (bicyclic) bond motifs is 1. The smallest absolute Gasteiger partial charge is 0.160 e. The first-order chi connectivity index (χ1) is 17.6. The fourth-order valence-corrected chi connectivity index (χ4v) is 5.57. The van der Waals surface area contributed by atoms with Crippen LogP contribution in [0.4, 0.5) is 0 Å². The van der Waals surface area contributed by atoms with Crippen LogP contribution in [0.15, 0.2) is 124 Å². The first kappa shape index (κ1) is 22.8. The summed E-state index contributed by atoms with van der Waals surface area (Å²) in [5.41, 5.74) is 7.04. The summed E-state index contributed by atoms with van der Waals surface area (Å²) < 4.78 is 1.97. The van der Waals surface area contributed by atoms with E-state index in [1.54, 1.807) is 0 Å². The lowest BCUT2D eigenvalue weighted by Gasteiger charge is -2.11. The first-order valence-corrected chi connectivity index (χ1v) is 13.1. The molecule has 5 heteroatoms. The summed E-state index contributed by atoms with van der Waals surface area (Å²) in [7, 11) is 0. The summed E-state index contributed by atoms with van der Waals surface area (Å²) in [5.74, 6) is 0.697. The number of pyridine rings is 1. The van der Waals surface area contributed by atoms with Gasteiger partial charge in [-0.2, -0.15) is 0 Å². The second-order valence-electron chi connectivity index (χ2n) is 8.50. The van der Waals surface area contributed by atoms with Crippen molar-refractivity contribution >= 4 is 42.6 Å². The molecule has 0 saturated carbocycles. The predicted octanol–water partition coefficient (Wildman–Crippen LogP) is 9.22. The second kappa shape index (κ2) is 9.76.